The Kier molecular flexibility index (Phi) is 5.38. The average molecular weight is 442 g/mol. The topological polar surface area (TPSA) is 141 Å². The van der Waals surface area contributed by atoms with E-state index < -0.39 is 11.7 Å². The van der Waals surface area contributed by atoms with Crippen LogP contribution in [-0.2, 0) is 4.94 Å². The fraction of sp³-hybridized carbons (Fsp3) is 0. The number of benzene rings is 1. The molecule has 3 aromatic rings. The summed E-state index contributed by atoms with van der Waals surface area (Å²) in [5, 5.41) is 15.0. The fourth-order valence-electron chi connectivity index (χ4n) is 1.65. The number of aromatic nitrogens is 3. The third-order valence-electron chi connectivity index (χ3n) is 2.81. The van der Waals surface area contributed by atoms with E-state index in [1.165, 1.54) is 23.6 Å². The number of carbonyl (C=O) groups is 1. The first-order valence-electron chi connectivity index (χ1n) is 6.78. The molecule has 0 unspecified atom stereocenters. The number of rotatable bonds is 6. The molecule has 1 amide bonds. The quantitative estimate of drug-likeness (QED) is 0.391. The minimum Gasteiger partial charge on any atom is -0.375 e. The second-order valence-corrected chi connectivity index (χ2v) is 6.32. The number of hydrogen-bond donors (Lipinski definition) is 3. The molecule has 2 heterocycles. The molecule has 26 heavy (non-hydrogen) atoms. The van der Waals surface area contributed by atoms with Crippen LogP contribution in [0.3, 0.4) is 0 Å². The van der Waals surface area contributed by atoms with Crippen LogP contribution in [0.5, 0.6) is 0 Å². The summed E-state index contributed by atoms with van der Waals surface area (Å²) < 4.78 is 18.0. The molecule has 1 aromatic carbocycles. The first kappa shape index (κ1) is 17.8. The Balaban J connectivity index is 1.58. The molecule has 0 saturated heterocycles. The van der Waals surface area contributed by atoms with Crippen molar-refractivity contribution in [2.24, 2.45) is 5.16 Å². The molecular weight excluding hydrogens is 433 g/mol. The maximum atomic E-state index is 13.1. The lowest BCUT2D eigenvalue weighted by Gasteiger charge is -2.03. The Morgan fingerprint density at radius 1 is 1.46 bits per heavy atom. The monoisotopic (exact) mass is 441 g/mol. The van der Waals surface area contributed by atoms with Gasteiger partial charge < -0.3 is 11.1 Å². The van der Waals surface area contributed by atoms with Gasteiger partial charge in [-0.25, -0.2) is 14.0 Å². The van der Waals surface area contributed by atoms with Crippen LogP contribution < -0.4 is 16.5 Å². The highest BCUT2D eigenvalue weighted by molar-refractivity contribution is 9.10. The molecule has 3 rings (SSSR count). The number of amides is 1. The average Bonchev–Trinajstić information content (AvgIpc) is 3.24. The smallest absolute Gasteiger partial charge is 0.276 e. The maximum Gasteiger partial charge on any atom is 0.276 e. The van der Waals surface area contributed by atoms with Gasteiger partial charge in [-0.3, -0.25) is 9.73 Å². The van der Waals surface area contributed by atoms with Crippen molar-refractivity contribution in [1.82, 2.24) is 15.3 Å². The second kappa shape index (κ2) is 7.88. The van der Waals surface area contributed by atoms with E-state index in [2.05, 4.69) is 51.8 Å². The molecule has 0 radical (unpaired) electrons. The summed E-state index contributed by atoms with van der Waals surface area (Å²) in [6, 6.07) is 4.17. The Hall–Kier alpha value is -3.06. The second-order valence-electron chi connectivity index (χ2n) is 4.58. The van der Waals surface area contributed by atoms with Crippen molar-refractivity contribution in [3.63, 3.8) is 0 Å². The molecule has 0 fully saturated rings. The summed E-state index contributed by atoms with van der Waals surface area (Å²) in [5.41, 5.74) is 8.67. The number of thiazole rings is 1. The van der Waals surface area contributed by atoms with Crippen LogP contribution in [0, 0.1) is 5.82 Å². The van der Waals surface area contributed by atoms with Crippen molar-refractivity contribution < 1.29 is 18.8 Å². The summed E-state index contributed by atoms with van der Waals surface area (Å²) >= 11 is 4.18. The van der Waals surface area contributed by atoms with Crippen LogP contribution in [0.2, 0.25) is 0 Å². The normalized spacial score (nSPS) is 10.8. The lowest BCUT2D eigenvalue weighted by molar-refractivity contribution is 0.102. The number of halogens is 2. The Morgan fingerprint density at radius 3 is 3.04 bits per heavy atom. The van der Waals surface area contributed by atoms with Crippen molar-refractivity contribution in [2.45, 2.75) is 0 Å². The first-order chi connectivity index (χ1) is 12.5. The fourth-order valence-corrected chi connectivity index (χ4v) is 2.57. The SMILES string of the molecule is Nc1nc(C(=O)Nc2nonc2/C=N/ONc2ccc(F)c(Br)c2)cs1. The number of nitrogen functional groups attached to an aromatic ring is 1. The van der Waals surface area contributed by atoms with Crippen molar-refractivity contribution in [1.29, 1.82) is 0 Å². The standard InChI is InChI=1S/C13H9BrFN7O3S/c14-7-3-6(1-2-8(7)15)20-24-17-4-9-11(22-25-21-9)19-12(23)10-5-26-13(16)18-10/h1-5,20H,(H2,16,18)(H,19,22,23)/b17-4+. The minimum atomic E-state index is -0.529. The summed E-state index contributed by atoms with van der Waals surface area (Å²) in [6.45, 7) is 0. The molecule has 0 aliphatic carbocycles. The summed E-state index contributed by atoms with van der Waals surface area (Å²) in [6.07, 6.45) is 1.16. The number of nitrogens with two attached hydrogens (primary N) is 1. The largest absolute Gasteiger partial charge is 0.375 e. The number of hydrogen-bond acceptors (Lipinski definition) is 10. The van der Waals surface area contributed by atoms with Crippen LogP contribution in [0.4, 0.5) is 21.0 Å². The highest BCUT2D eigenvalue weighted by Crippen LogP contribution is 2.20. The predicted octanol–water partition coefficient (Wildman–Crippen LogP) is 2.64. The highest BCUT2D eigenvalue weighted by Gasteiger charge is 2.15. The van der Waals surface area contributed by atoms with Gasteiger partial charge in [0.05, 0.1) is 10.2 Å². The third-order valence-corrected chi connectivity index (χ3v) is 4.09. The Morgan fingerprint density at radius 2 is 2.31 bits per heavy atom. The van der Waals surface area contributed by atoms with E-state index in [4.69, 9.17) is 10.7 Å². The van der Waals surface area contributed by atoms with E-state index in [1.807, 2.05) is 0 Å². The molecule has 0 spiro atoms. The minimum absolute atomic E-state index is 0.0263. The van der Waals surface area contributed by atoms with E-state index in [0.29, 0.717) is 5.69 Å². The highest BCUT2D eigenvalue weighted by atomic mass is 79.9. The molecule has 134 valence electrons. The molecular formula is C13H9BrFN7O3S. The summed E-state index contributed by atoms with van der Waals surface area (Å²) in [7, 11) is 0. The van der Waals surface area contributed by atoms with Gasteiger partial charge in [0.1, 0.15) is 17.7 Å². The number of oxime groups is 1. The molecule has 2 aromatic heterocycles. The van der Waals surface area contributed by atoms with Crippen molar-refractivity contribution >= 4 is 56.0 Å². The Labute approximate surface area is 157 Å². The molecule has 4 N–H and O–H groups in total. The van der Waals surface area contributed by atoms with E-state index in [0.717, 1.165) is 17.6 Å². The lowest BCUT2D eigenvalue weighted by atomic mass is 10.3. The zero-order valence-electron chi connectivity index (χ0n) is 12.6. The number of anilines is 3. The van der Waals surface area contributed by atoms with Gasteiger partial charge in [-0.1, -0.05) is 5.16 Å². The number of nitrogens with zero attached hydrogens (tertiary/aromatic N) is 4. The summed E-state index contributed by atoms with van der Waals surface area (Å²) in [4.78, 5) is 20.7. The molecule has 0 aliphatic heterocycles. The van der Waals surface area contributed by atoms with Gasteiger partial charge in [-0.2, -0.15) is 5.48 Å². The molecule has 13 heteroatoms. The van der Waals surface area contributed by atoms with E-state index in [1.54, 1.807) is 0 Å². The van der Waals surface area contributed by atoms with Gasteiger partial charge in [0.2, 0.25) is 5.82 Å². The van der Waals surface area contributed by atoms with Gasteiger partial charge in [0.25, 0.3) is 5.91 Å². The molecule has 0 saturated carbocycles. The predicted molar refractivity (Wildman–Crippen MR) is 95.2 cm³/mol. The van der Waals surface area contributed by atoms with Crippen LogP contribution in [0.1, 0.15) is 16.2 Å². The van der Waals surface area contributed by atoms with E-state index in [9.17, 15) is 9.18 Å². The van der Waals surface area contributed by atoms with Gasteiger partial charge >= 0.3 is 0 Å². The molecule has 0 aliphatic rings. The van der Waals surface area contributed by atoms with Gasteiger partial charge in [-0.05, 0) is 44.4 Å². The van der Waals surface area contributed by atoms with Crippen molar-refractivity contribution in [2.75, 3.05) is 16.5 Å². The van der Waals surface area contributed by atoms with Crippen LogP contribution in [0.15, 0.2) is 37.8 Å². The lowest BCUT2D eigenvalue weighted by Crippen LogP contribution is -2.14. The maximum absolute atomic E-state index is 13.1. The van der Waals surface area contributed by atoms with Crippen LogP contribution >= 0.6 is 27.3 Å². The van der Waals surface area contributed by atoms with Crippen molar-refractivity contribution in [3.8, 4) is 0 Å². The zero-order chi connectivity index (χ0) is 18.5. The number of nitrogens with one attached hydrogen (secondary N) is 2. The van der Waals surface area contributed by atoms with E-state index >= 15 is 0 Å². The van der Waals surface area contributed by atoms with Gasteiger partial charge in [0, 0.05) is 5.38 Å². The molecule has 0 bridgehead atoms. The third kappa shape index (κ3) is 4.31. The van der Waals surface area contributed by atoms with Gasteiger partial charge in [0.15, 0.2) is 10.8 Å². The van der Waals surface area contributed by atoms with Gasteiger partial charge in [-0.15, -0.1) is 11.3 Å². The van der Waals surface area contributed by atoms with E-state index in [-0.39, 0.29) is 26.8 Å². The summed E-state index contributed by atoms with van der Waals surface area (Å²) in [5.74, 6) is -0.910. The number of carbonyl (C=O) groups excluding carboxylic acids is 1. The van der Waals surface area contributed by atoms with Crippen LogP contribution in [-0.4, -0.2) is 27.4 Å². The molecule has 10 nitrogen and oxygen atoms in total. The first-order valence-corrected chi connectivity index (χ1v) is 8.45. The Bertz CT molecular complexity index is 961. The van der Waals surface area contributed by atoms with Crippen molar-refractivity contribution in [3.05, 3.63) is 45.3 Å². The van der Waals surface area contributed by atoms with Crippen LogP contribution in [0.25, 0.3) is 0 Å². The zero-order valence-corrected chi connectivity index (χ0v) is 15.0. The molecule has 0 atom stereocenters.